The largest absolute Gasteiger partial charge is 0.394 e. The molecule has 10 heteroatoms. The molecule has 0 bridgehead atoms. The third-order valence-electron chi connectivity index (χ3n) is 4.15. The zero-order valence-electron chi connectivity index (χ0n) is 13.6. The summed E-state index contributed by atoms with van der Waals surface area (Å²) in [6, 6.07) is -0.239. The second-order valence-electron chi connectivity index (χ2n) is 5.89. The molecule has 7 nitrogen and oxygen atoms in total. The van der Waals surface area contributed by atoms with Crippen LogP contribution in [0, 0.1) is 0 Å². The van der Waals surface area contributed by atoms with Gasteiger partial charge in [0.15, 0.2) is 0 Å². The van der Waals surface area contributed by atoms with E-state index in [0.717, 1.165) is 0 Å². The number of hydrogen-bond acceptors (Lipinski definition) is 7. The quantitative estimate of drug-likeness (QED) is 0.409. The Morgan fingerprint density at radius 3 is 2.35 bits per heavy atom. The first kappa shape index (κ1) is 19.5. The van der Waals surface area contributed by atoms with Gasteiger partial charge in [-0.1, -0.05) is 13.6 Å². The molecule has 3 unspecified atom stereocenters. The highest BCUT2D eigenvalue weighted by molar-refractivity contribution is 7.58. The fraction of sp³-hybridized carbons (Fsp3) is 0.923. The summed E-state index contributed by atoms with van der Waals surface area (Å²) in [5.74, 6) is 0. The van der Waals surface area contributed by atoms with E-state index in [0.29, 0.717) is 12.8 Å². The van der Waals surface area contributed by atoms with E-state index in [1.165, 1.54) is 0 Å². The van der Waals surface area contributed by atoms with Crippen molar-refractivity contribution in [3.63, 3.8) is 0 Å². The molecule has 2 rings (SSSR count). The predicted molar refractivity (Wildman–Crippen MR) is 90.0 cm³/mol. The standard InChI is InChI=1S/C13H25B2O7P/c1-14-12-4-8(17)11(21-12)7-19-23(3,18)22-9-5-13(15-2)20-10(9)6-16/h8-13,16-18H,3-7H2,1-2H3/t8?,9?,10-,11-,12-,13-,23?/m1/s1. The Morgan fingerprint density at radius 2 is 1.78 bits per heavy atom. The Labute approximate surface area is 139 Å². The normalized spacial score (nSPS) is 40.0. The second kappa shape index (κ2) is 8.50. The Hall–Kier alpha value is 0.150. The highest BCUT2D eigenvalue weighted by Crippen LogP contribution is 2.47. The maximum Gasteiger partial charge on any atom is 0.248 e. The minimum absolute atomic E-state index is 0.0000153. The van der Waals surface area contributed by atoms with Crippen LogP contribution in [-0.2, 0) is 18.5 Å². The van der Waals surface area contributed by atoms with Crippen molar-refractivity contribution >= 4 is 28.4 Å². The van der Waals surface area contributed by atoms with E-state index in [9.17, 15) is 15.1 Å². The van der Waals surface area contributed by atoms with Crippen molar-refractivity contribution in [2.75, 3.05) is 13.2 Å². The summed E-state index contributed by atoms with van der Waals surface area (Å²) < 4.78 is 22.1. The molecular formula is C13H25B2O7P. The monoisotopic (exact) mass is 346 g/mol. The van der Waals surface area contributed by atoms with E-state index >= 15 is 0 Å². The average Bonchev–Trinajstić information content (AvgIpc) is 3.07. The van der Waals surface area contributed by atoms with E-state index in [2.05, 4.69) is 6.30 Å². The average molecular weight is 346 g/mol. The molecule has 2 fully saturated rings. The van der Waals surface area contributed by atoms with Crippen LogP contribution in [0.1, 0.15) is 12.8 Å². The molecule has 0 aromatic carbocycles. The van der Waals surface area contributed by atoms with Crippen molar-refractivity contribution in [2.45, 2.75) is 62.9 Å². The van der Waals surface area contributed by atoms with Gasteiger partial charge in [-0.05, 0) is 19.1 Å². The van der Waals surface area contributed by atoms with Crippen LogP contribution in [-0.4, -0.2) is 85.6 Å². The molecule has 2 heterocycles. The van der Waals surface area contributed by atoms with Gasteiger partial charge in [-0.3, -0.25) is 0 Å². The number of aliphatic hydroxyl groups excluding tert-OH is 2. The molecule has 2 aliphatic heterocycles. The maximum absolute atomic E-state index is 10.3. The number of hydrogen-bond donors (Lipinski definition) is 3. The van der Waals surface area contributed by atoms with E-state index in [1.54, 1.807) is 0 Å². The van der Waals surface area contributed by atoms with Crippen LogP contribution in [0.2, 0.25) is 13.6 Å². The van der Waals surface area contributed by atoms with Gasteiger partial charge in [0.1, 0.15) is 26.8 Å². The Kier molecular flexibility index (Phi) is 7.19. The predicted octanol–water partition coefficient (Wildman–Crippen LogP) is -0.337. The van der Waals surface area contributed by atoms with E-state index in [1.807, 2.05) is 28.2 Å². The van der Waals surface area contributed by atoms with Gasteiger partial charge in [0, 0.05) is 12.0 Å². The Morgan fingerprint density at radius 1 is 1.17 bits per heavy atom. The van der Waals surface area contributed by atoms with Crippen LogP contribution in [0.5, 0.6) is 0 Å². The summed E-state index contributed by atoms with van der Waals surface area (Å²) in [7, 11) is 0.399. The summed E-state index contributed by atoms with van der Waals surface area (Å²) in [6.45, 7) is 3.53. The molecule has 0 aliphatic carbocycles. The summed E-state index contributed by atoms with van der Waals surface area (Å²) in [4.78, 5) is 10.3. The minimum Gasteiger partial charge on any atom is -0.394 e. The second-order valence-corrected chi connectivity index (χ2v) is 7.63. The molecule has 2 saturated heterocycles. The molecule has 130 valence electrons. The van der Waals surface area contributed by atoms with Gasteiger partial charge in [-0.15, -0.1) is 0 Å². The van der Waals surface area contributed by atoms with Gasteiger partial charge < -0.3 is 33.6 Å². The maximum atomic E-state index is 10.3. The van der Waals surface area contributed by atoms with Crippen molar-refractivity contribution in [2.24, 2.45) is 0 Å². The molecular weight excluding hydrogens is 321 g/mol. The van der Waals surface area contributed by atoms with Crippen LogP contribution >= 0.6 is 7.57 Å². The van der Waals surface area contributed by atoms with Gasteiger partial charge in [-0.2, -0.15) is 0 Å². The summed E-state index contributed by atoms with van der Waals surface area (Å²) >= 11 is 0. The molecule has 7 atom stereocenters. The van der Waals surface area contributed by atoms with E-state index < -0.39 is 32.0 Å². The minimum atomic E-state index is -3.34. The van der Waals surface area contributed by atoms with Crippen molar-refractivity contribution in [1.82, 2.24) is 0 Å². The third kappa shape index (κ3) is 5.31. The van der Waals surface area contributed by atoms with Crippen LogP contribution in [0.25, 0.3) is 0 Å². The number of ether oxygens (including phenoxy) is 2. The lowest BCUT2D eigenvalue weighted by molar-refractivity contribution is -0.0179. The van der Waals surface area contributed by atoms with Gasteiger partial charge >= 0.3 is 0 Å². The smallest absolute Gasteiger partial charge is 0.248 e. The zero-order chi connectivity index (χ0) is 17.0. The fourth-order valence-corrected chi connectivity index (χ4v) is 3.88. The summed E-state index contributed by atoms with van der Waals surface area (Å²) in [5.41, 5.74) is 0. The molecule has 3 N–H and O–H groups in total. The number of rotatable bonds is 8. The van der Waals surface area contributed by atoms with Crippen LogP contribution in [0.15, 0.2) is 0 Å². The first-order valence-electron chi connectivity index (χ1n) is 7.86. The van der Waals surface area contributed by atoms with Crippen LogP contribution in [0.3, 0.4) is 0 Å². The Bertz CT molecular complexity index is 427. The van der Waals surface area contributed by atoms with Crippen LogP contribution < -0.4 is 0 Å². The van der Waals surface area contributed by atoms with E-state index in [-0.39, 0.29) is 25.2 Å². The van der Waals surface area contributed by atoms with Gasteiger partial charge in [-0.25, -0.2) is 0 Å². The summed E-state index contributed by atoms with van der Waals surface area (Å²) in [5, 5.41) is 19.2. The van der Waals surface area contributed by atoms with Crippen molar-refractivity contribution in [3.8, 4) is 0 Å². The lowest BCUT2D eigenvalue weighted by Gasteiger charge is -2.26. The van der Waals surface area contributed by atoms with Crippen LogP contribution in [0.4, 0.5) is 0 Å². The first-order chi connectivity index (χ1) is 10.9. The lowest BCUT2D eigenvalue weighted by Crippen LogP contribution is -2.29. The van der Waals surface area contributed by atoms with Crippen molar-refractivity contribution in [3.05, 3.63) is 0 Å². The highest BCUT2D eigenvalue weighted by atomic mass is 31.2. The Balaban J connectivity index is 1.83. The molecule has 0 spiro atoms. The highest BCUT2D eigenvalue weighted by Gasteiger charge is 2.38. The zero-order valence-corrected chi connectivity index (χ0v) is 14.5. The SMILES string of the molecule is C=P(O)(OC[C@H]1O[C@@H]([B]C)CC1O)OC1C[C@H]([B]C)O[C@@H]1CO. The lowest BCUT2D eigenvalue weighted by atomic mass is 9.73. The van der Waals surface area contributed by atoms with Gasteiger partial charge in [0.25, 0.3) is 0 Å². The third-order valence-corrected chi connectivity index (χ3v) is 5.30. The molecule has 2 aliphatic rings. The summed E-state index contributed by atoms with van der Waals surface area (Å²) in [6.07, 6.45) is 2.49. The topological polar surface area (TPSA) is 97.6 Å². The van der Waals surface area contributed by atoms with Gasteiger partial charge in [0.05, 0.1) is 25.4 Å². The molecule has 0 amide bonds. The van der Waals surface area contributed by atoms with Crippen molar-refractivity contribution in [1.29, 1.82) is 0 Å². The number of aliphatic hydroxyl groups is 2. The fourth-order valence-electron chi connectivity index (χ4n) is 2.79. The molecule has 23 heavy (non-hydrogen) atoms. The van der Waals surface area contributed by atoms with Gasteiger partial charge in [0.2, 0.25) is 7.57 Å². The first-order valence-corrected chi connectivity index (χ1v) is 9.62. The molecule has 0 aromatic heterocycles. The van der Waals surface area contributed by atoms with E-state index in [4.69, 9.17) is 18.5 Å². The molecule has 0 aromatic rings. The van der Waals surface area contributed by atoms with Crippen molar-refractivity contribution < 1.29 is 33.6 Å². The molecule has 2 radical (unpaired) electrons. The molecule has 0 saturated carbocycles.